The first-order valence-electron chi connectivity index (χ1n) is 10.0. The molecule has 5 rings (SSSR count). The Morgan fingerprint density at radius 1 is 0.781 bits per heavy atom. The first kappa shape index (κ1) is 20.0. The molecule has 8 heteroatoms. The van der Waals surface area contributed by atoms with Crippen LogP contribution in [-0.4, -0.2) is 30.1 Å². The summed E-state index contributed by atoms with van der Waals surface area (Å²) < 4.78 is 7.81. The molecule has 0 radical (unpaired) electrons. The Labute approximate surface area is 188 Å². The van der Waals surface area contributed by atoms with Crippen molar-refractivity contribution < 1.29 is 9.52 Å². The second kappa shape index (κ2) is 9.07. The van der Waals surface area contributed by atoms with Crippen LogP contribution in [0.4, 0.5) is 0 Å². The van der Waals surface area contributed by atoms with E-state index in [1.54, 1.807) is 12.1 Å². The molecule has 0 saturated carbocycles. The van der Waals surface area contributed by atoms with Gasteiger partial charge in [0, 0.05) is 5.56 Å². The highest BCUT2D eigenvalue weighted by atomic mass is 32.2. The molecule has 5 aromatic rings. The Balaban J connectivity index is 1.42. The Morgan fingerprint density at radius 2 is 1.50 bits per heavy atom. The first-order chi connectivity index (χ1) is 15.8. The molecule has 2 aromatic heterocycles. The average Bonchev–Trinajstić information content (AvgIpc) is 3.47. The molecule has 0 aliphatic carbocycles. The smallest absolute Gasteiger partial charge is 0.247 e. The van der Waals surface area contributed by atoms with Gasteiger partial charge in [-0.25, -0.2) is 0 Å². The quantitative estimate of drug-likeness (QED) is 0.354. The van der Waals surface area contributed by atoms with E-state index < -0.39 is 0 Å². The summed E-state index contributed by atoms with van der Waals surface area (Å²) in [6.07, 6.45) is 0. The van der Waals surface area contributed by atoms with Crippen LogP contribution in [0.25, 0.3) is 22.8 Å². The van der Waals surface area contributed by atoms with Gasteiger partial charge in [-0.05, 0) is 29.8 Å². The molecule has 0 spiro atoms. The maximum Gasteiger partial charge on any atom is 0.247 e. The van der Waals surface area contributed by atoms with Gasteiger partial charge < -0.3 is 9.52 Å². The van der Waals surface area contributed by atoms with Crippen molar-refractivity contribution in [3.63, 3.8) is 0 Å². The molecule has 7 nitrogen and oxygen atoms in total. The molecule has 0 unspecified atom stereocenters. The lowest BCUT2D eigenvalue weighted by molar-refractivity contribution is 0.476. The van der Waals surface area contributed by atoms with Crippen molar-refractivity contribution in [3.8, 4) is 28.6 Å². The first-order valence-corrected chi connectivity index (χ1v) is 11.0. The van der Waals surface area contributed by atoms with Crippen LogP contribution in [0.5, 0.6) is 5.75 Å². The third-order valence-electron chi connectivity index (χ3n) is 4.86. The van der Waals surface area contributed by atoms with E-state index in [0.717, 1.165) is 11.1 Å². The maximum atomic E-state index is 10.4. The van der Waals surface area contributed by atoms with Gasteiger partial charge in [-0.3, -0.25) is 4.57 Å². The average molecular weight is 442 g/mol. The predicted octanol–water partition coefficient (Wildman–Crippen LogP) is 5.04. The number of thioether (sulfide) groups is 1. The fraction of sp³-hybridized carbons (Fsp3) is 0.0833. The second-order valence-corrected chi connectivity index (χ2v) is 7.99. The molecule has 0 aliphatic heterocycles. The lowest BCUT2D eigenvalue weighted by Gasteiger charge is -2.11. The summed E-state index contributed by atoms with van der Waals surface area (Å²) in [5, 5.41) is 28.1. The topological polar surface area (TPSA) is 89.9 Å². The van der Waals surface area contributed by atoms with Gasteiger partial charge >= 0.3 is 0 Å². The van der Waals surface area contributed by atoms with E-state index in [1.807, 2.05) is 77.4 Å². The molecule has 0 saturated heterocycles. The summed E-state index contributed by atoms with van der Waals surface area (Å²) in [5.41, 5.74) is 2.62. The number of hydrogen-bond acceptors (Lipinski definition) is 7. The van der Waals surface area contributed by atoms with Crippen molar-refractivity contribution in [3.05, 3.63) is 96.4 Å². The molecule has 158 valence electrons. The predicted molar refractivity (Wildman–Crippen MR) is 122 cm³/mol. The summed E-state index contributed by atoms with van der Waals surface area (Å²) in [4.78, 5) is 0. The van der Waals surface area contributed by atoms with E-state index in [2.05, 4.69) is 20.4 Å². The van der Waals surface area contributed by atoms with Crippen molar-refractivity contribution in [1.29, 1.82) is 0 Å². The number of phenols is 1. The standard InChI is InChI=1S/C24H19N5O2S/c30-20-14-8-7-13-19(20)22-26-28-24(29(22)15-17-9-3-1-4-10-17)32-16-21-25-27-23(31-21)18-11-5-2-6-12-18/h1-14,30H,15-16H2. The molecule has 32 heavy (non-hydrogen) atoms. The number of aromatic nitrogens is 5. The van der Waals surface area contributed by atoms with E-state index in [-0.39, 0.29) is 5.75 Å². The van der Waals surface area contributed by atoms with Crippen LogP contribution < -0.4 is 0 Å². The summed E-state index contributed by atoms with van der Waals surface area (Å²) in [7, 11) is 0. The lowest BCUT2D eigenvalue weighted by Crippen LogP contribution is -2.04. The Morgan fingerprint density at radius 3 is 2.28 bits per heavy atom. The van der Waals surface area contributed by atoms with E-state index in [0.29, 0.717) is 40.6 Å². The summed E-state index contributed by atoms with van der Waals surface area (Å²) >= 11 is 1.46. The largest absolute Gasteiger partial charge is 0.507 e. The minimum Gasteiger partial charge on any atom is -0.507 e. The van der Waals surface area contributed by atoms with Crippen molar-refractivity contribution >= 4 is 11.8 Å². The van der Waals surface area contributed by atoms with Crippen LogP contribution in [0.1, 0.15) is 11.5 Å². The highest BCUT2D eigenvalue weighted by Crippen LogP contribution is 2.32. The third kappa shape index (κ3) is 4.26. The van der Waals surface area contributed by atoms with Gasteiger partial charge in [0.15, 0.2) is 11.0 Å². The van der Waals surface area contributed by atoms with Crippen molar-refractivity contribution in [1.82, 2.24) is 25.0 Å². The third-order valence-corrected chi connectivity index (χ3v) is 5.81. The fourth-order valence-electron chi connectivity index (χ4n) is 3.30. The number of phenolic OH excluding ortho intramolecular Hbond substituents is 1. The van der Waals surface area contributed by atoms with E-state index in [4.69, 9.17) is 4.42 Å². The molecular formula is C24H19N5O2S. The van der Waals surface area contributed by atoms with Crippen molar-refractivity contribution in [2.24, 2.45) is 0 Å². The van der Waals surface area contributed by atoms with Gasteiger partial charge in [0.1, 0.15) is 5.75 Å². The SMILES string of the molecule is Oc1ccccc1-c1nnc(SCc2nnc(-c3ccccc3)o2)n1Cc1ccccc1. The number of aromatic hydroxyl groups is 1. The molecule has 0 fully saturated rings. The molecule has 0 amide bonds. The van der Waals surface area contributed by atoms with Gasteiger partial charge in [0.05, 0.1) is 17.9 Å². The summed E-state index contributed by atoms with van der Waals surface area (Å²) in [5.74, 6) is 2.21. The highest BCUT2D eigenvalue weighted by molar-refractivity contribution is 7.98. The summed E-state index contributed by atoms with van der Waals surface area (Å²) in [6.45, 7) is 0.568. The highest BCUT2D eigenvalue weighted by Gasteiger charge is 2.18. The van der Waals surface area contributed by atoms with Crippen molar-refractivity contribution in [2.75, 3.05) is 0 Å². The number of para-hydroxylation sites is 1. The zero-order valence-electron chi connectivity index (χ0n) is 17.0. The molecular weight excluding hydrogens is 422 g/mol. The number of hydrogen-bond donors (Lipinski definition) is 1. The molecule has 0 bridgehead atoms. The van der Waals surface area contributed by atoms with E-state index >= 15 is 0 Å². The minimum atomic E-state index is 0.162. The fourth-order valence-corrected chi connectivity index (χ4v) is 4.08. The van der Waals surface area contributed by atoms with Crippen LogP contribution in [-0.2, 0) is 12.3 Å². The Bertz CT molecular complexity index is 1320. The van der Waals surface area contributed by atoms with Crippen molar-refractivity contribution in [2.45, 2.75) is 17.5 Å². The normalized spacial score (nSPS) is 11.0. The van der Waals surface area contributed by atoms with Gasteiger partial charge in [0.25, 0.3) is 0 Å². The molecule has 0 aliphatic rings. The molecule has 0 atom stereocenters. The van der Waals surface area contributed by atoms with Crippen LogP contribution in [0.2, 0.25) is 0 Å². The number of benzene rings is 3. The Hall–Kier alpha value is -3.91. The second-order valence-electron chi connectivity index (χ2n) is 7.05. The number of nitrogens with zero attached hydrogens (tertiary/aromatic N) is 5. The van der Waals surface area contributed by atoms with Crippen LogP contribution in [0.15, 0.2) is 94.5 Å². The monoisotopic (exact) mass is 441 g/mol. The van der Waals surface area contributed by atoms with Crippen LogP contribution in [0.3, 0.4) is 0 Å². The van der Waals surface area contributed by atoms with Gasteiger partial charge in [-0.2, -0.15) is 0 Å². The van der Waals surface area contributed by atoms with Crippen LogP contribution in [0, 0.1) is 0 Å². The zero-order valence-corrected chi connectivity index (χ0v) is 17.8. The lowest BCUT2D eigenvalue weighted by atomic mass is 10.1. The zero-order chi connectivity index (χ0) is 21.8. The van der Waals surface area contributed by atoms with E-state index in [9.17, 15) is 5.11 Å². The van der Waals surface area contributed by atoms with Gasteiger partial charge in [0.2, 0.25) is 11.8 Å². The van der Waals surface area contributed by atoms with Crippen LogP contribution >= 0.6 is 11.8 Å². The molecule has 2 heterocycles. The van der Waals surface area contributed by atoms with Gasteiger partial charge in [-0.15, -0.1) is 20.4 Å². The Kier molecular flexibility index (Phi) is 5.67. The maximum absolute atomic E-state index is 10.4. The molecule has 1 N–H and O–H groups in total. The molecule has 3 aromatic carbocycles. The number of rotatable bonds is 7. The minimum absolute atomic E-state index is 0.162. The van der Waals surface area contributed by atoms with Gasteiger partial charge in [-0.1, -0.05) is 72.4 Å². The van der Waals surface area contributed by atoms with E-state index in [1.165, 1.54) is 11.8 Å². The summed E-state index contributed by atoms with van der Waals surface area (Å²) in [6, 6.07) is 26.9.